The molecule has 0 aromatic heterocycles. The van der Waals surface area contributed by atoms with Crippen molar-refractivity contribution in [3.8, 4) is 0 Å². The highest BCUT2D eigenvalue weighted by Gasteiger charge is 2.28. The molecule has 1 aliphatic rings. The molecular weight excluding hydrogens is 178 g/mol. The van der Waals surface area contributed by atoms with Gasteiger partial charge in [0.25, 0.3) is 11.8 Å². The van der Waals surface area contributed by atoms with Crippen LogP contribution in [-0.2, 0) is 9.59 Å². The topological polar surface area (TPSA) is 37.4 Å². The molecule has 0 saturated carbocycles. The van der Waals surface area contributed by atoms with Crippen molar-refractivity contribution in [2.45, 2.75) is 34.1 Å². The molecule has 78 valence electrons. The van der Waals surface area contributed by atoms with Gasteiger partial charge in [0.1, 0.15) is 0 Å². The third-order valence-corrected chi connectivity index (χ3v) is 2.27. The summed E-state index contributed by atoms with van der Waals surface area (Å²) in [5.41, 5.74) is 0.695. The summed E-state index contributed by atoms with van der Waals surface area (Å²) in [5, 5.41) is 0. The van der Waals surface area contributed by atoms with Crippen molar-refractivity contribution < 1.29 is 9.59 Å². The Balaban J connectivity index is 2.57. The van der Waals surface area contributed by atoms with Crippen LogP contribution in [0.1, 0.15) is 34.1 Å². The molecule has 0 aromatic carbocycles. The van der Waals surface area contributed by atoms with E-state index in [4.69, 9.17) is 0 Å². The lowest BCUT2D eigenvalue weighted by Gasteiger charge is -2.22. The lowest BCUT2D eigenvalue weighted by molar-refractivity contribution is -0.137. The van der Waals surface area contributed by atoms with E-state index < -0.39 is 0 Å². The van der Waals surface area contributed by atoms with Gasteiger partial charge in [-0.15, -0.1) is 0 Å². The molecular formula is C11H17NO2. The number of rotatable bonds is 2. The number of carbonyl (C=O) groups excluding carboxylic acids is 2. The summed E-state index contributed by atoms with van der Waals surface area (Å²) in [6, 6.07) is 0. The van der Waals surface area contributed by atoms with Gasteiger partial charge in [-0.3, -0.25) is 14.5 Å². The highest BCUT2D eigenvalue weighted by atomic mass is 16.2. The Hall–Kier alpha value is -1.12. The second kappa shape index (κ2) is 3.56. The molecule has 0 unspecified atom stereocenters. The van der Waals surface area contributed by atoms with Crippen LogP contribution in [0.4, 0.5) is 0 Å². The molecule has 2 amide bonds. The van der Waals surface area contributed by atoms with E-state index >= 15 is 0 Å². The fourth-order valence-electron chi connectivity index (χ4n) is 1.30. The first kappa shape index (κ1) is 11.0. The molecule has 3 heteroatoms. The first-order chi connectivity index (χ1) is 6.31. The number of carbonyl (C=O) groups is 2. The Morgan fingerprint density at radius 2 is 1.86 bits per heavy atom. The minimum atomic E-state index is -0.170. The molecule has 0 bridgehead atoms. The minimum Gasteiger partial charge on any atom is -0.275 e. The second-order valence-electron chi connectivity index (χ2n) is 4.93. The van der Waals surface area contributed by atoms with Gasteiger partial charge in [-0.05, 0) is 18.8 Å². The van der Waals surface area contributed by atoms with Crippen LogP contribution in [0, 0.1) is 5.41 Å². The van der Waals surface area contributed by atoms with Crippen molar-refractivity contribution in [3.05, 3.63) is 11.6 Å². The van der Waals surface area contributed by atoms with Crippen LogP contribution in [-0.4, -0.2) is 23.3 Å². The minimum absolute atomic E-state index is 0.140. The zero-order chi connectivity index (χ0) is 10.9. The highest BCUT2D eigenvalue weighted by Crippen LogP contribution is 2.21. The molecule has 0 N–H and O–H groups in total. The van der Waals surface area contributed by atoms with Crippen LogP contribution < -0.4 is 0 Å². The Bertz CT molecular complexity index is 297. The highest BCUT2D eigenvalue weighted by molar-refractivity contribution is 6.15. The zero-order valence-corrected chi connectivity index (χ0v) is 9.26. The van der Waals surface area contributed by atoms with Crippen molar-refractivity contribution in [3.63, 3.8) is 0 Å². The van der Waals surface area contributed by atoms with Crippen molar-refractivity contribution in [2.75, 3.05) is 6.54 Å². The number of imide groups is 1. The van der Waals surface area contributed by atoms with Gasteiger partial charge in [0.2, 0.25) is 0 Å². The largest absolute Gasteiger partial charge is 0.275 e. The number of amides is 2. The third-order valence-electron chi connectivity index (χ3n) is 2.27. The van der Waals surface area contributed by atoms with Crippen LogP contribution in [0.3, 0.4) is 0 Å². The average Bonchev–Trinajstić information content (AvgIpc) is 2.23. The number of nitrogens with zero attached hydrogens (tertiary/aromatic N) is 1. The molecule has 14 heavy (non-hydrogen) atoms. The van der Waals surface area contributed by atoms with Gasteiger partial charge < -0.3 is 0 Å². The Labute approximate surface area is 84.8 Å². The molecule has 1 rings (SSSR count). The smallest absolute Gasteiger partial charge is 0.256 e. The van der Waals surface area contributed by atoms with Crippen LogP contribution in [0.5, 0.6) is 0 Å². The maximum atomic E-state index is 11.5. The summed E-state index contributed by atoms with van der Waals surface area (Å²) in [5.74, 6) is -0.309. The van der Waals surface area contributed by atoms with Crippen molar-refractivity contribution in [1.82, 2.24) is 4.90 Å². The first-order valence-electron chi connectivity index (χ1n) is 4.85. The van der Waals surface area contributed by atoms with Gasteiger partial charge >= 0.3 is 0 Å². The predicted molar refractivity (Wildman–Crippen MR) is 54.5 cm³/mol. The molecule has 0 fully saturated rings. The molecule has 1 heterocycles. The van der Waals surface area contributed by atoms with Crippen molar-refractivity contribution >= 4 is 11.8 Å². The normalized spacial score (nSPS) is 17.7. The van der Waals surface area contributed by atoms with Crippen molar-refractivity contribution in [1.29, 1.82) is 0 Å². The summed E-state index contributed by atoms with van der Waals surface area (Å²) in [7, 11) is 0. The lowest BCUT2D eigenvalue weighted by Crippen LogP contribution is -2.33. The van der Waals surface area contributed by atoms with E-state index in [-0.39, 0.29) is 17.2 Å². The van der Waals surface area contributed by atoms with E-state index in [9.17, 15) is 9.59 Å². The average molecular weight is 195 g/mol. The molecule has 0 saturated heterocycles. The Kier molecular flexibility index (Phi) is 2.79. The molecule has 0 aliphatic carbocycles. The van der Waals surface area contributed by atoms with Gasteiger partial charge in [-0.2, -0.15) is 0 Å². The zero-order valence-electron chi connectivity index (χ0n) is 9.26. The molecule has 0 spiro atoms. The van der Waals surface area contributed by atoms with Crippen LogP contribution in [0.15, 0.2) is 11.6 Å². The van der Waals surface area contributed by atoms with E-state index in [2.05, 4.69) is 20.8 Å². The summed E-state index contributed by atoms with van der Waals surface area (Å²) >= 11 is 0. The standard InChI is InChI=1S/C11H17NO2/c1-8-7-9(13)12(10(8)14)6-5-11(2,3)4/h7H,5-6H2,1-4H3. The third kappa shape index (κ3) is 2.44. The van der Waals surface area contributed by atoms with Gasteiger partial charge in [0.05, 0.1) is 0 Å². The summed E-state index contributed by atoms with van der Waals surface area (Å²) < 4.78 is 0. The number of hydrogen-bond donors (Lipinski definition) is 0. The summed E-state index contributed by atoms with van der Waals surface area (Å²) in [6.45, 7) is 8.49. The maximum absolute atomic E-state index is 11.5. The van der Waals surface area contributed by atoms with Crippen LogP contribution >= 0.6 is 0 Å². The van der Waals surface area contributed by atoms with Crippen molar-refractivity contribution in [2.24, 2.45) is 5.41 Å². The first-order valence-corrected chi connectivity index (χ1v) is 4.85. The quantitative estimate of drug-likeness (QED) is 0.629. The van der Waals surface area contributed by atoms with Crippen LogP contribution in [0.2, 0.25) is 0 Å². The van der Waals surface area contributed by atoms with E-state index in [1.54, 1.807) is 6.92 Å². The van der Waals surface area contributed by atoms with E-state index in [1.165, 1.54) is 11.0 Å². The van der Waals surface area contributed by atoms with Gasteiger partial charge in [0.15, 0.2) is 0 Å². The van der Waals surface area contributed by atoms with Gasteiger partial charge in [-0.1, -0.05) is 20.8 Å². The van der Waals surface area contributed by atoms with Gasteiger partial charge in [-0.25, -0.2) is 0 Å². The maximum Gasteiger partial charge on any atom is 0.256 e. The Morgan fingerprint density at radius 1 is 1.29 bits per heavy atom. The van der Waals surface area contributed by atoms with E-state index in [0.717, 1.165) is 6.42 Å². The molecule has 0 aromatic rings. The lowest BCUT2D eigenvalue weighted by atomic mass is 9.92. The van der Waals surface area contributed by atoms with E-state index in [0.29, 0.717) is 12.1 Å². The Morgan fingerprint density at radius 3 is 2.21 bits per heavy atom. The molecule has 3 nitrogen and oxygen atoms in total. The second-order valence-corrected chi connectivity index (χ2v) is 4.93. The van der Waals surface area contributed by atoms with Crippen LogP contribution in [0.25, 0.3) is 0 Å². The van der Waals surface area contributed by atoms with Gasteiger partial charge in [0, 0.05) is 18.2 Å². The molecule has 0 radical (unpaired) electrons. The molecule has 0 atom stereocenters. The fourth-order valence-corrected chi connectivity index (χ4v) is 1.30. The summed E-state index contributed by atoms with van der Waals surface area (Å²) in [6.07, 6.45) is 2.25. The van der Waals surface area contributed by atoms with E-state index in [1.807, 2.05) is 0 Å². The number of hydrogen-bond acceptors (Lipinski definition) is 2. The SMILES string of the molecule is CC1=CC(=O)N(CCC(C)(C)C)C1=O. The molecule has 1 aliphatic heterocycles. The fraction of sp³-hybridized carbons (Fsp3) is 0.636. The monoisotopic (exact) mass is 195 g/mol. The predicted octanol–water partition coefficient (Wildman–Crippen LogP) is 1.74. The summed E-state index contributed by atoms with van der Waals surface area (Å²) in [4.78, 5) is 24.1.